The largest absolute Gasteiger partial charge is 0.460 e. The molecule has 6 atom stereocenters. The second-order valence-electron chi connectivity index (χ2n) is 12.0. The molecule has 2 heterocycles. The standard InChI is InChI=1S/C36H34N5O10P/c37-40-39-36(33(45)32(44)34(50-36)41-19-18-27(42)21-31(41)43)23-49-52(47,51-30-17-9-15-26-14-7-8-16-28(26)30)38-29(20-24-10-3-1-4-11-24)35(46)48-22-25-12-5-2-6-13-25/h1-19,29,32-34,44-45H,20-23H2,(H,38,47)/t29-,32+,33-,34+,36+,52?/m0/s1. The molecule has 52 heavy (non-hydrogen) atoms. The molecule has 3 N–H and O–H groups in total. The van der Waals surface area contributed by atoms with E-state index in [0.717, 1.165) is 22.6 Å². The maximum Gasteiger partial charge on any atom is 0.459 e. The van der Waals surface area contributed by atoms with Crippen LogP contribution in [0.15, 0.2) is 121 Å². The van der Waals surface area contributed by atoms with Gasteiger partial charge in [-0.3, -0.25) is 23.8 Å². The molecule has 0 saturated carbocycles. The van der Waals surface area contributed by atoms with Gasteiger partial charge < -0.3 is 24.2 Å². The summed E-state index contributed by atoms with van der Waals surface area (Å²) >= 11 is 0. The molecule has 16 heteroatoms. The Morgan fingerprint density at radius 1 is 1.00 bits per heavy atom. The number of fused-ring (bicyclic) bond motifs is 1. The molecule has 0 aliphatic carbocycles. The Balaban J connectivity index is 1.34. The number of nitrogens with zero attached hydrogens (tertiary/aromatic N) is 4. The van der Waals surface area contributed by atoms with E-state index >= 15 is 0 Å². The van der Waals surface area contributed by atoms with Crippen molar-refractivity contribution in [3.05, 3.63) is 137 Å². The van der Waals surface area contributed by atoms with Crippen LogP contribution < -0.4 is 9.61 Å². The predicted octanol–water partition coefficient (Wildman–Crippen LogP) is 4.69. The number of aliphatic hydroxyl groups excluding tert-OH is 2. The van der Waals surface area contributed by atoms with E-state index in [1.807, 2.05) is 24.3 Å². The van der Waals surface area contributed by atoms with Crippen LogP contribution in [0.1, 0.15) is 17.5 Å². The first-order valence-corrected chi connectivity index (χ1v) is 17.7. The third kappa shape index (κ3) is 8.23. The number of ether oxygens (including phenoxy) is 2. The van der Waals surface area contributed by atoms with Crippen molar-refractivity contribution < 1.29 is 47.7 Å². The number of carbonyl (C=O) groups excluding carboxylic acids is 3. The zero-order valence-corrected chi connectivity index (χ0v) is 28.4. The number of rotatable bonds is 14. The molecule has 268 valence electrons. The van der Waals surface area contributed by atoms with Crippen LogP contribution in [0, 0.1) is 0 Å². The number of amides is 1. The van der Waals surface area contributed by atoms with Crippen molar-refractivity contribution in [1.29, 1.82) is 0 Å². The summed E-state index contributed by atoms with van der Waals surface area (Å²) < 4.78 is 38.4. The summed E-state index contributed by atoms with van der Waals surface area (Å²) in [5.41, 5.74) is 8.44. The van der Waals surface area contributed by atoms with Crippen molar-refractivity contribution in [2.75, 3.05) is 6.61 Å². The molecule has 6 rings (SSSR count). The lowest BCUT2D eigenvalue weighted by Gasteiger charge is -2.31. The minimum absolute atomic E-state index is 0.0236. The van der Waals surface area contributed by atoms with Gasteiger partial charge in [0, 0.05) is 16.5 Å². The smallest absolute Gasteiger partial charge is 0.459 e. The summed E-state index contributed by atoms with van der Waals surface area (Å²) in [4.78, 5) is 41.8. The molecular weight excluding hydrogens is 693 g/mol. The van der Waals surface area contributed by atoms with E-state index in [2.05, 4.69) is 15.1 Å². The summed E-state index contributed by atoms with van der Waals surface area (Å²) in [5, 5.41) is 29.7. The lowest BCUT2D eigenvalue weighted by Crippen LogP contribution is -2.46. The lowest BCUT2D eigenvalue weighted by atomic mass is 10.1. The molecule has 4 aromatic rings. The van der Waals surface area contributed by atoms with Crippen LogP contribution in [0.2, 0.25) is 0 Å². The first-order chi connectivity index (χ1) is 25.1. The zero-order valence-electron chi connectivity index (χ0n) is 27.5. The summed E-state index contributed by atoms with van der Waals surface area (Å²) in [6.45, 7) is -1.08. The molecular formula is C36H34N5O10P. The van der Waals surface area contributed by atoms with Crippen molar-refractivity contribution in [2.24, 2.45) is 5.11 Å². The van der Waals surface area contributed by atoms with E-state index in [0.29, 0.717) is 16.5 Å². The molecule has 0 radical (unpaired) electrons. The molecule has 1 unspecified atom stereocenters. The number of carbonyl (C=O) groups is 3. The SMILES string of the molecule is [N-]=[N+]=N[C@]1(COP(=O)(N[C@@H](Cc2ccccc2)C(=O)OCc2ccccc2)Oc2cccc3ccccc23)O[C@@H](N2C=CC(=O)CC2=O)[C@H](O)[C@@H]1O. The molecule has 0 bridgehead atoms. The molecule has 0 spiro atoms. The van der Waals surface area contributed by atoms with E-state index in [4.69, 9.17) is 18.5 Å². The van der Waals surface area contributed by atoms with Gasteiger partial charge in [-0.15, -0.1) is 0 Å². The molecule has 2 aliphatic rings. The monoisotopic (exact) mass is 727 g/mol. The van der Waals surface area contributed by atoms with Gasteiger partial charge in [0.05, 0.1) is 13.0 Å². The molecule has 1 fully saturated rings. The maximum atomic E-state index is 15.0. The topological polar surface area (TPSA) is 210 Å². The normalized spacial score (nSPS) is 23.1. The molecule has 0 aromatic heterocycles. The molecule has 1 amide bonds. The van der Waals surface area contributed by atoms with Gasteiger partial charge in [-0.1, -0.05) is 102 Å². The van der Waals surface area contributed by atoms with E-state index in [-0.39, 0.29) is 18.8 Å². The van der Waals surface area contributed by atoms with E-state index < -0.39 is 68.6 Å². The summed E-state index contributed by atoms with van der Waals surface area (Å²) in [6, 6.07) is 28.6. The fraction of sp³-hybridized carbons (Fsp3) is 0.250. The van der Waals surface area contributed by atoms with Crippen molar-refractivity contribution in [1.82, 2.24) is 9.99 Å². The quantitative estimate of drug-likeness (QED) is 0.0405. The third-order valence-electron chi connectivity index (χ3n) is 8.44. The van der Waals surface area contributed by atoms with Crippen molar-refractivity contribution in [3.8, 4) is 5.75 Å². The van der Waals surface area contributed by atoms with Gasteiger partial charge in [-0.05, 0) is 40.6 Å². The molecule has 1 saturated heterocycles. The van der Waals surface area contributed by atoms with Gasteiger partial charge in [0.1, 0.15) is 30.6 Å². The van der Waals surface area contributed by atoms with Crippen LogP contribution in [0.3, 0.4) is 0 Å². The number of hydrogen-bond acceptors (Lipinski definition) is 11. The van der Waals surface area contributed by atoms with Crippen LogP contribution >= 0.6 is 7.75 Å². The van der Waals surface area contributed by atoms with Gasteiger partial charge in [0.25, 0.3) is 0 Å². The molecule has 4 aromatic carbocycles. The number of nitrogens with one attached hydrogen (secondary N) is 1. The van der Waals surface area contributed by atoms with Crippen LogP contribution in [0.5, 0.6) is 5.75 Å². The summed E-state index contributed by atoms with van der Waals surface area (Å²) in [7, 11) is -4.77. The Morgan fingerprint density at radius 3 is 2.38 bits per heavy atom. The highest BCUT2D eigenvalue weighted by Crippen LogP contribution is 2.49. The summed E-state index contributed by atoms with van der Waals surface area (Å²) in [5.74, 6) is -1.92. The third-order valence-corrected chi connectivity index (χ3v) is 9.97. The number of aliphatic hydroxyl groups is 2. The average Bonchev–Trinajstić information content (AvgIpc) is 3.39. The highest BCUT2D eigenvalue weighted by atomic mass is 31.2. The number of allylic oxidation sites excluding steroid dienone is 1. The van der Waals surface area contributed by atoms with Gasteiger partial charge in [0.15, 0.2) is 12.0 Å². The highest BCUT2D eigenvalue weighted by molar-refractivity contribution is 7.52. The van der Waals surface area contributed by atoms with E-state index in [9.17, 15) is 34.7 Å². The second-order valence-corrected chi connectivity index (χ2v) is 13.7. The van der Waals surface area contributed by atoms with Gasteiger partial charge >= 0.3 is 13.7 Å². The zero-order chi connectivity index (χ0) is 36.7. The van der Waals surface area contributed by atoms with Crippen molar-refractivity contribution >= 4 is 36.2 Å². The number of ketones is 1. The summed E-state index contributed by atoms with van der Waals surface area (Å²) in [6.07, 6.45) is -3.88. The van der Waals surface area contributed by atoms with Crippen LogP contribution in [-0.4, -0.2) is 69.6 Å². The Hall–Kier alpha value is -5.37. The Labute approximate surface area is 297 Å². The fourth-order valence-corrected chi connectivity index (χ4v) is 7.33. The Morgan fingerprint density at radius 2 is 1.67 bits per heavy atom. The predicted molar refractivity (Wildman–Crippen MR) is 186 cm³/mol. The first kappa shape index (κ1) is 36.4. The van der Waals surface area contributed by atoms with E-state index in [1.165, 1.54) is 0 Å². The molecule has 15 nitrogen and oxygen atoms in total. The maximum absolute atomic E-state index is 15.0. The second kappa shape index (κ2) is 15.9. The van der Waals surface area contributed by atoms with Gasteiger partial charge in [-0.25, -0.2) is 4.57 Å². The average molecular weight is 728 g/mol. The van der Waals surface area contributed by atoms with Gasteiger partial charge in [0.2, 0.25) is 11.6 Å². The number of benzene rings is 4. The number of hydrogen-bond donors (Lipinski definition) is 3. The van der Waals surface area contributed by atoms with Crippen LogP contribution in [0.4, 0.5) is 0 Å². The number of azide groups is 1. The van der Waals surface area contributed by atoms with Crippen molar-refractivity contribution in [3.63, 3.8) is 0 Å². The highest BCUT2D eigenvalue weighted by Gasteiger charge is 2.58. The van der Waals surface area contributed by atoms with Crippen LogP contribution in [-0.2, 0) is 46.0 Å². The van der Waals surface area contributed by atoms with E-state index in [1.54, 1.807) is 78.9 Å². The van der Waals surface area contributed by atoms with Gasteiger partial charge in [-0.2, -0.15) is 5.09 Å². The van der Waals surface area contributed by atoms with Crippen molar-refractivity contribution in [2.45, 2.75) is 49.7 Å². The first-order valence-electron chi connectivity index (χ1n) is 16.2. The Bertz CT molecular complexity index is 2060. The minimum Gasteiger partial charge on any atom is -0.460 e. The van der Waals surface area contributed by atoms with Crippen LogP contribution in [0.25, 0.3) is 21.2 Å². The number of esters is 1. The fourth-order valence-electron chi connectivity index (χ4n) is 5.80. The minimum atomic E-state index is -4.77. The Kier molecular flexibility index (Phi) is 11.1. The molecule has 2 aliphatic heterocycles. The lowest BCUT2D eigenvalue weighted by molar-refractivity contribution is -0.159.